The molecule has 1 saturated heterocycles. The number of carbonyl (C=O) groups is 1. The van der Waals surface area contributed by atoms with Crippen LogP contribution in [0.2, 0.25) is 0 Å². The molecule has 3 rings (SSSR count). The Balaban J connectivity index is 1.77. The molecule has 2 fully saturated rings. The van der Waals surface area contributed by atoms with Crippen LogP contribution in [0.15, 0.2) is 12.1 Å². The highest BCUT2D eigenvalue weighted by Crippen LogP contribution is 2.40. The number of nitrogens with zero attached hydrogens (tertiary/aromatic N) is 1. The van der Waals surface area contributed by atoms with Crippen LogP contribution in [0.4, 0.5) is 0 Å². The van der Waals surface area contributed by atoms with E-state index in [1.54, 1.807) is 11.3 Å². The maximum atomic E-state index is 12.3. The van der Waals surface area contributed by atoms with Gasteiger partial charge in [0, 0.05) is 15.8 Å². The summed E-state index contributed by atoms with van der Waals surface area (Å²) in [6, 6.07) is 4.72. The van der Waals surface area contributed by atoms with E-state index >= 15 is 0 Å². The Hall–Kier alpha value is -0.870. The summed E-state index contributed by atoms with van der Waals surface area (Å²) < 4.78 is 0. The van der Waals surface area contributed by atoms with Gasteiger partial charge in [0.2, 0.25) is 5.91 Å². The van der Waals surface area contributed by atoms with Crippen LogP contribution >= 0.6 is 11.3 Å². The minimum absolute atomic E-state index is 0.104. The average Bonchev–Trinajstić information content (AvgIpc) is 2.96. The number of thiophene rings is 1. The maximum Gasteiger partial charge on any atom is 0.238 e. The molecule has 1 aliphatic heterocycles. The number of amides is 1. The summed E-state index contributed by atoms with van der Waals surface area (Å²) in [4.78, 5) is 17.0. The molecule has 1 atom stereocenters. The SMILES string of the molecule is Cc1ccc(C2NCC(=O)N2C2CCC(C)(C)CC2)s1. The van der Waals surface area contributed by atoms with E-state index in [0.29, 0.717) is 18.0 Å². The molecular weight excluding hydrogens is 268 g/mol. The van der Waals surface area contributed by atoms with Gasteiger partial charge in [-0.05, 0) is 50.2 Å². The van der Waals surface area contributed by atoms with Gasteiger partial charge in [-0.3, -0.25) is 10.1 Å². The molecule has 1 N–H and O–H groups in total. The largest absolute Gasteiger partial charge is 0.318 e. The molecule has 2 aliphatic rings. The Labute approximate surface area is 125 Å². The Morgan fingerprint density at radius 2 is 2.00 bits per heavy atom. The molecule has 0 aromatic carbocycles. The third-order valence-corrected chi connectivity index (χ3v) is 5.80. The van der Waals surface area contributed by atoms with Crippen LogP contribution < -0.4 is 5.32 Å². The van der Waals surface area contributed by atoms with Gasteiger partial charge in [-0.25, -0.2) is 0 Å². The molecule has 0 bridgehead atoms. The van der Waals surface area contributed by atoms with Crippen molar-refractivity contribution in [3.05, 3.63) is 21.9 Å². The molecule has 20 heavy (non-hydrogen) atoms. The molecule has 0 spiro atoms. The fourth-order valence-corrected chi connectivity index (χ4v) is 4.38. The van der Waals surface area contributed by atoms with Gasteiger partial charge >= 0.3 is 0 Å². The zero-order valence-corrected chi connectivity index (χ0v) is 13.4. The molecule has 1 aliphatic carbocycles. The fraction of sp³-hybridized carbons (Fsp3) is 0.688. The number of nitrogens with one attached hydrogen (secondary N) is 1. The summed E-state index contributed by atoms with van der Waals surface area (Å²) in [5.74, 6) is 0.269. The predicted molar refractivity (Wildman–Crippen MR) is 82.7 cm³/mol. The second-order valence-electron chi connectivity index (χ2n) is 6.93. The van der Waals surface area contributed by atoms with Gasteiger partial charge in [0.15, 0.2) is 0 Å². The highest BCUT2D eigenvalue weighted by molar-refractivity contribution is 7.12. The number of hydrogen-bond acceptors (Lipinski definition) is 3. The average molecular weight is 292 g/mol. The lowest BCUT2D eigenvalue weighted by atomic mass is 9.75. The monoisotopic (exact) mass is 292 g/mol. The highest BCUT2D eigenvalue weighted by Gasteiger charge is 2.40. The van der Waals surface area contributed by atoms with Gasteiger partial charge in [-0.15, -0.1) is 11.3 Å². The van der Waals surface area contributed by atoms with E-state index in [-0.39, 0.29) is 12.1 Å². The highest BCUT2D eigenvalue weighted by atomic mass is 32.1. The van der Waals surface area contributed by atoms with Crippen LogP contribution in [-0.2, 0) is 4.79 Å². The van der Waals surface area contributed by atoms with Crippen LogP contribution in [0.3, 0.4) is 0 Å². The Morgan fingerprint density at radius 3 is 2.60 bits per heavy atom. The number of carbonyl (C=O) groups excluding carboxylic acids is 1. The number of rotatable bonds is 2. The quantitative estimate of drug-likeness (QED) is 0.905. The van der Waals surface area contributed by atoms with Crippen LogP contribution in [0, 0.1) is 12.3 Å². The second kappa shape index (κ2) is 5.15. The van der Waals surface area contributed by atoms with E-state index in [4.69, 9.17) is 0 Å². The van der Waals surface area contributed by atoms with Gasteiger partial charge in [-0.2, -0.15) is 0 Å². The molecule has 3 nitrogen and oxygen atoms in total. The first-order valence-electron chi connectivity index (χ1n) is 7.57. The topological polar surface area (TPSA) is 32.3 Å². The van der Waals surface area contributed by atoms with Crippen molar-refractivity contribution in [1.82, 2.24) is 10.2 Å². The molecule has 4 heteroatoms. The molecule has 1 aromatic heterocycles. The first-order valence-corrected chi connectivity index (χ1v) is 8.39. The fourth-order valence-electron chi connectivity index (χ4n) is 3.43. The molecule has 1 aromatic rings. The standard InChI is InChI=1S/C16H24N2OS/c1-11-4-5-13(20-11)15-17-10-14(19)18(15)12-6-8-16(2,3)9-7-12/h4-5,12,15,17H,6-10H2,1-3H3. The number of aryl methyl sites for hydroxylation is 1. The van der Waals surface area contributed by atoms with Crippen molar-refractivity contribution in [3.63, 3.8) is 0 Å². The second-order valence-corrected chi connectivity index (χ2v) is 8.25. The van der Waals surface area contributed by atoms with Crippen molar-refractivity contribution in [3.8, 4) is 0 Å². The molecule has 1 unspecified atom stereocenters. The van der Waals surface area contributed by atoms with Gasteiger partial charge in [-0.1, -0.05) is 13.8 Å². The van der Waals surface area contributed by atoms with E-state index in [9.17, 15) is 4.79 Å². The van der Waals surface area contributed by atoms with E-state index in [0.717, 1.165) is 12.8 Å². The minimum atomic E-state index is 0.104. The van der Waals surface area contributed by atoms with Crippen molar-refractivity contribution >= 4 is 17.2 Å². The zero-order chi connectivity index (χ0) is 14.3. The first-order chi connectivity index (χ1) is 9.46. The molecular formula is C16H24N2OS. The molecule has 1 amide bonds. The smallest absolute Gasteiger partial charge is 0.238 e. The van der Waals surface area contributed by atoms with Crippen LogP contribution in [0.1, 0.15) is 55.5 Å². The van der Waals surface area contributed by atoms with Gasteiger partial charge in [0.25, 0.3) is 0 Å². The molecule has 2 heterocycles. The predicted octanol–water partition coefficient (Wildman–Crippen LogP) is 3.46. The summed E-state index contributed by atoms with van der Waals surface area (Å²) in [6.45, 7) is 7.29. The van der Waals surface area contributed by atoms with Gasteiger partial charge < -0.3 is 4.90 Å². The van der Waals surface area contributed by atoms with Crippen molar-refractivity contribution in [2.75, 3.05) is 6.54 Å². The summed E-state index contributed by atoms with van der Waals surface area (Å²) in [5.41, 5.74) is 0.446. The lowest BCUT2D eigenvalue weighted by Gasteiger charge is -2.40. The first kappa shape index (κ1) is 14.1. The van der Waals surface area contributed by atoms with Gasteiger partial charge in [0.1, 0.15) is 6.17 Å². The zero-order valence-electron chi connectivity index (χ0n) is 12.6. The summed E-state index contributed by atoms with van der Waals surface area (Å²) in [7, 11) is 0. The van der Waals surface area contributed by atoms with Crippen LogP contribution in [0.5, 0.6) is 0 Å². The van der Waals surface area contributed by atoms with E-state index in [1.807, 2.05) is 0 Å². The lowest BCUT2D eigenvalue weighted by Crippen LogP contribution is -2.42. The van der Waals surface area contributed by atoms with E-state index in [1.165, 1.54) is 22.6 Å². The maximum absolute atomic E-state index is 12.3. The van der Waals surface area contributed by atoms with Gasteiger partial charge in [0.05, 0.1) is 6.54 Å². The summed E-state index contributed by atoms with van der Waals surface area (Å²) in [6.07, 6.45) is 4.82. The van der Waals surface area contributed by atoms with E-state index < -0.39 is 0 Å². The van der Waals surface area contributed by atoms with E-state index in [2.05, 4.69) is 43.1 Å². The Kier molecular flexibility index (Phi) is 3.63. The van der Waals surface area contributed by atoms with Crippen molar-refractivity contribution in [2.24, 2.45) is 5.41 Å². The lowest BCUT2D eigenvalue weighted by molar-refractivity contribution is -0.131. The number of hydrogen-bond donors (Lipinski definition) is 1. The summed E-state index contributed by atoms with van der Waals surface area (Å²) in [5, 5.41) is 3.39. The minimum Gasteiger partial charge on any atom is -0.318 e. The Morgan fingerprint density at radius 1 is 1.30 bits per heavy atom. The third kappa shape index (κ3) is 2.63. The normalized spacial score (nSPS) is 27.2. The molecule has 110 valence electrons. The molecule has 0 radical (unpaired) electrons. The third-order valence-electron chi connectivity index (χ3n) is 4.75. The van der Waals surface area contributed by atoms with Crippen molar-refractivity contribution in [2.45, 2.75) is 58.7 Å². The van der Waals surface area contributed by atoms with Crippen LogP contribution in [0.25, 0.3) is 0 Å². The van der Waals surface area contributed by atoms with Crippen molar-refractivity contribution < 1.29 is 4.79 Å². The summed E-state index contributed by atoms with van der Waals surface area (Å²) >= 11 is 1.80. The van der Waals surface area contributed by atoms with Crippen LogP contribution in [-0.4, -0.2) is 23.4 Å². The Bertz CT molecular complexity index is 498. The van der Waals surface area contributed by atoms with Crippen molar-refractivity contribution in [1.29, 1.82) is 0 Å². The molecule has 1 saturated carbocycles.